The van der Waals surface area contributed by atoms with Crippen molar-refractivity contribution in [3.05, 3.63) is 119 Å². The number of aromatic nitrogens is 1. The van der Waals surface area contributed by atoms with Crippen LogP contribution in [-0.2, 0) is 17.9 Å². The molecule has 1 saturated heterocycles. The number of para-hydroxylation sites is 3. The van der Waals surface area contributed by atoms with Gasteiger partial charge in [0, 0.05) is 73.5 Å². The molecule has 0 N–H and O–H groups in total. The number of rotatable bonds is 16. The molecule has 0 atom stereocenters. The van der Waals surface area contributed by atoms with E-state index in [4.69, 9.17) is 14.2 Å². The molecule has 0 bridgehead atoms. The number of aliphatic carboxylic acids is 1. The molecule has 51 heavy (non-hydrogen) atoms. The summed E-state index contributed by atoms with van der Waals surface area (Å²) in [6.07, 6.45) is 3.01. The van der Waals surface area contributed by atoms with Gasteiger partial charge in [-0.05, 0) is 68.1 Å². The number of carbonyl (C=O) groups is 2. The van der Waals surface area contributed by atoms with E-state index >= 15 is 0 Å². The van der Waals surface area contributed by atoms with Crippen molar-refractivity contribution in [2.24, 2.45) is 0 Å². The van der Waals surface area contributed by atoms with Crippen molar-refractivity contribution in [1.29, 1.82) is 0 Å². The van der Waals surface area contributed by atoms with Crippen LogP contribution in [-0.4, -0.2) is 67.7 Å². The molecule has 10 heteroatoms. The molecule has 260 valence electrons. The number of aryl methyl sites for hydroxylation is 2. The molecule has 0 spiro atoms. The quantitative estimate of drug-likeness (QED) is 0.0876. The number of hydrogen-bond donors (Lipinski definition) is 0. The number of anilines is 1. The standard InChI is InChI=1S/C41H45N3O6.K/c1-30-14-16-31(17-15-30)29-50-38-19-18-32(41(47)34-28-44(21-7-13-40(45)46)35-10-4-3-9-33(34)35)27-39(38)49-26-8-20-42-22-24-43(25-23-42)36-11-5-6-12-37(36)48-2;/h3-6,9-12,14-19,27-28H,7-8,13,20-26,29H2,1-2H3,(H,45,46);/q;+1/p-1. The van der Waals surface area contributed by atoms with Crippen molar-refractivity contribution < 1.29 is 80.3 Å². The average Bonchev–Trinajstić information content (AvgIpc) is 3.51. The van der Waals surface area contributed by atoms with E-state index in [-0.39, 0.29) is 63.6 Å². The fourth-order valence-electron chi connectivity index (χ4n) is 6.46. The van der Waals surface area contributed by atoms with Gasteiger partial charge in [0.15, 0.2) is 17.3 Å². The Morgan fingerprint density at radius 1 is 0.784 bits per heavy atom. The molecular weight excluding hydrogens is 670 g/mol. The van der Waals surface area contributed by atoms with Crippen LogP contribution in [0.4, 0.5) is 5.69 Å². The first-order valence-electron chi connectivity index (χ1n) is 17.3. The first-order chi connectivity index (χ1) is 24.4. The minimum Gasteiger partial charge on any atom is -0.550 e. The fourth-order valence-corrected chi connectivity index (χ4v) is 6.46. The van der Waals surface area contributed by atoms with Crippen LogP contribution in [0, 0.1) is 6.92 Å². The van der Waals surface area contributed by atoms with E-state index in [2.05, 4.69) is 34.9 Å². The molecule has 1 aromatic heterocycles. The Bertz CT molecular complexity index is 1920. The molecule has 0 aliphatic carbocycles. The minimum atomic E-state index is -1.08. The van der Waals surface area contributed by atoms with Gasteiger partial charge in [-0.15, -0.1) is 0 Å². The van der Waals surface area contributed by atoms with E-state index in [1.807, 2.05) is 71.4 Å². The maximum Gasteiger partial charge on any atom is 1.00 e. The van der Waals surface area contributed by atoms with Crippen LogP contribution in [0.1, 0.15) is 46.3 Å². The van der Waals surface area contributed by atoms with Gasteiger partial charge in [0.1, 0.15) is 12.4 Å². The number of piperazine rings is 1. The molecular formula is C41H44KN3O6. The van der Waals surface area contributed by atoms with E-state index in [0.29, 0.717) is 48.8 Å². The monoisotopic (exact) mass is 713 g/mol. The van der Waals surface area contributed by atoms with Crippen molar-refractivity contribution in [3.8, 4) is 17.2 Å². The van der Waals surface area contributed by atoms with Crippen molar-refractivity contribution >= 4 is 28.3 Å². The molecule has 0 unspecified atom stereocenters. The van der Waals surface area contributed by atoms with Crippen LogP contribution < -0.4 is 75.6 Å². The molecule has 5 aromatic rings. The number of fused-ring (bicyclic) bond motifs is 1. The van der Waals surface area contributed by atoms with Gasteiger partial charge < -0.3 is 33.6 Å². The average molecular weight is 714 g/mol. The van der Waals surface area contributed by atoms with Gasteiger partial charge in [0.2, 0.25) is 0 Å². The molecule has 0 radical (unpaired) electrons. The molecule has 0 amide bonds. The second kappa shape index (κ2) is 18.7. The summed E-state index contributed by atoms with van der Waals surface area (Å²) in [6, 6.07) is 29.4. The van der Waals surface area contributed by atoms with Gasteiger partial charge in [-0.3, -0.25) is 9.69 Å². The Labute approximate surface area is 342 Å². The van der Waals surface area contributed by atoms with E-state index in [1.165, 1.54) is 5.56 Å². The summed E-state index contributed by atoms with van der Waals surface area (Å²) in [5, 5.41) is 11.8. The van der Waals surface area contributed by atoms with Gasteiger partial charge >= 0.3 is 51.4 Å². The van der Waals surface area contributed by atoms with Crippen LogP contribution in [0.25, 0.3) is 10.9 Å². The number of ketones is 1. The van der Waals surface area contributed by atoms with Gasteiger partial charge in [-0.1, -0.05) is 60.2 Å². The summed E-state index contributed by atoms with van der Waals surface area (Å²) in [7, 11) is 1.71. The van der Waals surface area contributed by atoms with Crippen LogP contribution in [0.3, 0.4) is 0 Å². The van der Waals surface area contributed by atoms with Crippen molar-refractivity contribution in [2.75, 3.05) is 51.3 Å². The first kappa shape index (κ1) is 38.6. The maximum absolute atomic E-state index is 14.0. The van der Waals surface area contributed by atoms with Gasteiger partial charge in [-0.2, -0.15) is 0 Å². The molecule has 0 saturated carbocycles. The van der Waals surface area contributed by atoms with Gasteiger partial charge in [0.25, 0.3) is 0 Å². The molecule has 1 fully saturated rings. The molecule has 4 aromatic carbocycles. The number of carboxylic acid groups (broad SMARTS) is 1. The van der Waals surface area contributed by atoms with Crippen LogP contribution >= 0.6 is 0 Å². The molecule has 1 aliphatic rings. The Hall–Kier alpha value is -3.64. The van der Waals surface area contributed by atoms with Crippen LogP contribution in [0.15, 0.2) is 97.2 Å². The molecule has 2 heterocycles. The zero-order valence-corrected chi connectivity index (χ0v) is 32.9. The maximum atomic E-state index is 14.0. The van der Waals surface area contributed by atoms with E-state index < -0.39 is 5.97 Å². The Morgan fingerprint density at radius 3 is 2.29 bits per heavy atom. The minimum absolute atomic E-state index is 0. The van der Waals surface area contributed by atoms with Crippen molar-refractivity contribution in [2.45, 2.75) is 39.3 Å². The summed E-state index contributed by atoms with van der Waals surface area (Å²) in [6.45, 7) is 8.03. The summed E-state index contributed by atoms with van der Waals surface area (Å²) in [5.41, 5.74) is 5.29. The van der Waals surface area contributed by atoms with E-state index in [0.717, 1.165) is 67.0 Å². The summed E-state index contributed by atoms with van der Waals surface area (Å²) >= 11 is 0. The Kier molecular flexibility index (Phi) is 14.2. The zero-order chi connectivity index (χ0) is 34.9. The second-order valence-electron chi connectivity index (χ2n) is 12.7. The summed E-state index contributed by atoms with van der Waals surface area (Å²) in [5.74, 6) is 0.790. The van der Waals surface area contributed by atoms with Gasteiger partial charge in [-0.25, -0.2) is 0 Å². The third-order valence-corrected chi connectivity index (χ3v) is 9.21. The molecule has 9 nitrogen and oxygen atoms in total. The Morgan fingerprint density at radius 2 is 1.53 bits per heavy atom. The second-order valence-corrected chi connectivity index (χ2v) is 12.7. The largest absolute Gasteiger partial charge is 1.00 e. The number of carboxylic acids is 1. The third kappa shape index (κ3) is 10.0. The van der Waals surface area contributed by atoms with Crippen LogP contribution in [0.2, 0.25) is 0 Å². The fraction of sp³-hybridized carbons (Fsp3) is 0.317. The van der Waals surface area contributed by atoms with Crippen molar-refractivity contribution in [3.63, 3.8) is 0 Å². The molecule has 1 aliphatic heterocycles. The van der Waals surface area contributed by atoms with E-state index in [9.17, 15) is 14.7 Å². The number of carbonyl (C=O) groups excluding carboxylic acids is 2. The van der Waals surface area contributed by atoms with Crippen LogP contribution in [0.5, 0.6) is 17.2 Å². The summed E-state index contributed by atoms with van der Waals surface area (Å²) in [4.78, 5) is 29.8. The SMILES string of the molecule is COc1ccccc1N1CCN(CCCOc2cc(C(=O)c3cn(CCCC(=O)[O-])c4ccccc34)ccc2OCc2ccc(C)cc2)CC1.[K+]. The predicted octanol–water partition coefficient (Wildman–Crippen LogP) is 2.89. The predicted molar refractivity (Wildman–Crippen MR) is 193 cm³/mol. The van der Waals surface area contributed by atoms with Crippen molar-refractivity contribution in [1.82, 2.24) is 9.47 Å². The molecule has 6 rings (SSSR count). The number of ether oxygens (including phenoxy) is 3. The number of benzene rings is 4. The normalized spacial score (nSPS) is 13.1. The number of hydrogen-bond acceptors (Lipinski definition) is 8. The van der Waals surface area contributed by atoms with Gasteiger partial charge in [0.05, 0.1) is 19.4 Å². The topological polar surface area (TPSA) is 96.3 Å². The first-order valence-corrected chi connectivity index (χ1v) is 17.3. The smallest absolute Gasteiger partial charge is 0.550 e. The Balaban J connectivity index is 0.00000504. The van der Waals surface area contributed by atoms with E-state index in [1.54, 1.807) is 19.2 Å². The number of nitrogens with zero attached hydrogens (tertiary/aromatic N) is 3. The zero-order valence-electron chi connectivity index (χ0n) is 29.8. The summed E-state index contributed by atoms with van der Waals surface area (Å²) < 4.78 is 20.1. The number of methoxy groups -OCH3 is 1. The third-order valence-electron chi connectivity index (χ3n) is 9.21.